The van der Waals surface area contributed by atoms with E-state index in [2.05, 4.69) is 27.8 Å². The highest BCUT2D eigenvalue weighted by Gasteiger charge is 2.01. The third-order valence-corrected chi connectivity index (χ3v) is 2.28. The molecule has 0 heterocycles. The molecule has 0 unspecified atom stereocenters. The van der Waals surface area contributed by atoms with Crippen molar-refractivity contribution in [3.05, 3.63) is 0 Å². The monoisotopic (exact) mass is 267 g/mol. The van der Waals surface area contributed by atoms with Gasteiger partial charge in [-0.1, -0.05) is 22.9 Å². The van der Waals surface area contributed by atoms with E-state index in [1.165, 1.54) is 6.42 Å². The average molecular weight is 268 g/mol. The molecule has 0 aliphatic rings. The minimum Gasteiger partial charge on any atom is -0.382 e. The van der Waals surface area contributed by atoms with Crippen LogP contribution in [0.5, 0.6) is 0 Å². The van der Waals surface area contributed by atoms with Crippen molar-refractivity contribution < 1.29 is 9.47 Å². The topological polar surface area (TPSA) is 21.7 Å². The van der Waals surface area contributed by atoms with Crippen molar-refractivity contribution in [2.45, 2.75) is 13.3 Å². The van der Waals surface area contributed by atoms with Crippen molar-refractivity contribution in [2.75, 3.05) is 51.9 Å². The first-order chi connectivity index (χ1) is 6.85. The van der Waals surface area contributed by atoms with Gasteiger partial charge in [0.05, 0.1) is 19.8 Å². The molecule has 14 heavy (non-hydrogen) atoms. The lowest BCUT2D eigenvalue weighted by molar-refractivity contribution is 0.0581. The number of alkyl halides is 1. The smallest absolute Gasteiger partial charge is 0.0700 e. The van der Waals surface area contributed by atoms with Crippen LogP contribution in [0.1, 0.15) is 13.3 Å². The summed E-state index contributed by atoms with van der Waals surface area (Å²) in [5.41, 5.74) is 0. The molecule has 0 aromatic carbocycles. The maximum absolute atomic E-state index is 5.42. The zero-order chi connectivity index (χ0) is 10.6. The second kappa shape index (κ2) is 11.4. The van der Waals surface area contributed by atoms with Crippen molar-refractivity contribution in [3.8, 4) is 0 Å². The van der Waals surface area contributed by atoms with E-state index in [-0.39, 0.29) is 0 Å². The highest BCUT2D eigenvalue weighted by atomic mass is 79.9. The molecule has 0 radical (unpaired) electrons. The molecule has 0 aliphatic heterocycles. The number of hydrogen-bond donors (Lipinski definition) is 0. The molecule has 0 spiro atoms. The number of hydrogen-bond acceptors (Lipinski definition) is 3. The molecule has 0 N–H and O–H groups in total. The van der Waals surface area contributed by atoms with Gasteiger partial charge in [-0.25, -0.2) is 0 Å². The molecule has 0 aromatic heterocycles. The maximum atomic E-state index is 5.42. The Morgan fingerprint density at radius 2 is 1.86 bits per heavy atom. The van der Waals surface area contributed by atoms with Gasteiger partial charge in [-0.05, 0) is 13.0 Å². The minimum atomic E-state index is 0.687. The minimum absolute atomic E-state index is 0.687. The molecule has 0 fully saturated rings. The van der Waals surface area contributed by atoms with E-state index in [0.717, 1.165) is 31.6 Å². The fourth-order valence-electron chi connectivity index (χ4n) is 1.21. The van der Waals surface area contributed by atoms with Crippen LogP contribution in [-0.2, 0) is 9.47 Å². The fourth-order valence-corrected chi connectivity index (χ4v) is 1.71. The van der Waals surface area contributed by atoms with Gasteiger partial charge >= 0.3 is 0 Å². The Labute approximate surface area is 95.9 Å². The number of halogens is 1. The van der Waals surface area contributed by atoms with Crippen LogP contribution in [0, 0.1) is 0 Å². The summed E-state index contributed by atoms with van der Waals surface area (Å²) in [4.78, 5) is 2.40. The van der Waals surface area contributed by atoms with E-state index < -0.39 is 0 Å². The van der Waals surface area contributed by atoms with Crippen LogP contribution >= 0.6 is 15.9 Å². The lowest BCUT2D eigenvalue weighted by Gasteiger charge is -2.20. The summed E-state index contributed by atoms with van der Waals surface area (Å²) in [6.45, 7) is 7.66. The first kappa shape index (κ1) is 14.4. The molecule has 0 saturated heterocycles. The lowest BCUT2D eigenvalue weighted by atomic mass is 10.4. The van der Waals surface area contributed by atoms with Crippen LogP contribution in [0.3, 0.4) is 0 Å². The van der Waals surface area contributed by atoms with E-state index in [4.69, 9.17) is 9.47 Å². The van der Waals surface area contributed by atoms with Crippen molar-refractivity contribution in [3.63, 3.8) is 0 Å². The second-order valence-corrected chi connectivity index (χ2v) is 3.93. The normalized spacial score (nSPS) is 11.1. The Bertz CT molecular complexity index is 108. The first-order valence-electron chi connectivity index (χ1n) is 5.20. The standard InChI is InChI=1S/C10H22BrNO2/c1-3-5-12(6-4-11)7-8-14-10-9-13-2/h3-10H2,1-2H3. The van der Waals surface area contributed by atoms with Gasteiger partial charge in [-0.15, -0.1) is 0 Å². The average Bonchev–Trinajstić information content (AvgIpc) is 2.18. The van der Waals surface area contributed by atoms with Gasteiger partial charge < -0.3 is 14.4 Å². The summed E-state index contributed by atoms with van der Waals surface area (Å²) in [6, 6.07) is 0. The quantitative estimate of drug-likeness (QED) is 0.445. The van der Waals surface area contributed by atoms with Gasteiger partial charge in [-0.3, -0.25) is 0 Å². The fraction of sp³-hybridized carbons (Fsp3) is 1.00. The van der Waals surface area contributed by atoms with E-state index in [1.807, 2.05) is 0 Å². The van der Waals surface area contributed by atoms with Crippen molar-refractivity contribution >= 4 is 15.9 Å². The summed E-state index contributed by atoms with van der Waals surface area (Å²) in [7, 11) is 1.69. The van der Waals surface area contributed by atoms with Crippen LogP contribution in [0.2, 0.25) is 0 Å². The molecule has 0 atom stereocenters. The predicted molar refractivity (Wildman–Crippen MR) is 63.2 cm³/mol. The third-order valence-electron chi connectivity index (χ3n) is 1.92. The van der Waals surface area contributed by atoms with Gasteiger partial charge in [0.15, 0.2) is 0 Å². The largest absolute Gasteiger partial charge is 0.382 e. The second-order valence-electron chi connectivity index (χ2n) is 3.14. The Morgan fingerprint density at radius 1 is 1.07 bits per heavy atom. The summed E-state index contributed by atoms with van der Waals surface area (Å²) in [6.07, 6.45) is 1.20. The molecular formula is C10H22BrNO2. The molecule has 0 saturated carbocycles. The summed E-state index contributed by atoms with van der Waals surface area (Å²) in [5, 5.41) is 1.03. The summed E-state index contributed by atoms with van der Waals surface area (Å²) >= 11 is 3.45. The summed E-state index contributed by atoms with van der Waals surface area (Å²) < 4.78 is 10.3. The molecular weight excluding hydrogens is 246 g/mol. The van der Waals surface area contributed by atoms with E-state index in [1.54, 1.807) is 7.11 Å². The van der Waals surface area contributed by atoms with Crippen LogP contribution < -0.4 is 0 Å². The molecule has 0 rings (SSSR count). The van der Waals surface area contributed by atoms with Crippen molar-refractivity contribution in [2.24, 2.45) is 0 Å². The van der Waals surface area contributed by atoms with Gasteiger partial charge in [0.2, 0.25) is 0 Å². The van der Waals surface area contributed by atoms with Crippen LogP contribution in [0.25, 0.3) is 0 Å². The molecule has 0 aromatic rings. The Hall–Kier alpha value is 0.360. The van der Waals surface area contributed by atoms with Gasteiger partial charge in [0.25, 0.3) is 0 Å². The van der Waals surface area contributed by atoms with Crippen molar-refractivity contribution in [1.29, 1.82) is 0 Å². The van der Waals surface area contributed by atoms with Gasteiger partial charge in [0, 0.05) is 25.5 Å². The molecule has 0 aliphatic carbocycles. The Balaban J connectivity index is 3.30. The highest BCUT2D eigenvalue weighted by Crippen LogP contribution is 1.94. The van der Waals surface area contributed by atoms with Crippen LogP contribution in [0.15, 0.2) is 0 Å². The van der Waals surface area contributed by atoms with E-state index in [9.17, 15) is 0 Å². The zero-order valence-electron chi connectivity index (χ0n) is 9.30. The predicted octanol–water partition coefficient (Wildman–Crippen LogP) is 1.76. The molecule has 0 amide bonds. The Kier molecular flexibility index (Phi) is 11.7. The number of ether oxygens (including phenoxy) is 2. The summed E-state index contributed by atoms with van der Waals surface area (Å²) in [5.74, 6) is 0. The van der Waals surface area contributed by atoms with Gasteiger partial charge in [0.1, 0.15) is 0 Å². The SMILES string of the molecule is CCCN(CCBr)CCOCCOC. The van der Waals surface area contributed by atoms with Gasteiger partial charge in [-0.2, -0.15) is 0 Å². The highest BCUT2D eigenvalue weighted by molar-refractivity contribution is 9.09. The number of nitrogens with zero attached hydrogens (tertiary/aromatic N) is 1. The lowest BCUT2D eigenvalue weighted by Crippen LogP contribution is -2.30. The number of rotatable bonds is 10. The van der Waals surface area contributed by atoms with Crippen LogP contribution in [0.4, 0.5) is 0 Å². The van der Waals surface area contributed by atoms with E-state index >= 15 is 0 Å². The maximum Gasteiger partial charge on any atom is 0.0700 e. The molecule has 4 heteroatoms. The van der Waals surface area contributed by atoms with E-state index in [0.29, 0.717) is 13.2 Å². The molecule has 3 nitrogen and oxygen atoms in total. The third kappa shape index (κ3) is 8.94. The van der Waals surface area contributed by atoms with Crippen molar-refractivity contribution in [1.82, 2.24) is 4.90 Å². The molecule has 0 bridgehead atoms. The first-order valence-corrected chi connectivity index (χ1v) is 6.32. The zero-order valence-corrected chi connectivity index (χ0v) is 10.9. The molecule has 86 valence electrons. The number of methoxy groups -OCH3 is 1. The van der Waals surface area contributed by atoms with Crippen LogP contribution in [-0.4, -0.2) is 56.8 Å². The Morgan fingerprint density at radius 3 is 2.43 bits per heavy atom.